The predicted molar refractivity (Wildman–Crippen MR) is 290 cm³/mol. The molecule has 0 unspecified atom stereocenters. The monoisotopic (exact) mass is 999 g/mol. The summed E-state index contributed by atoms with van der Waals surface area (Å²) < 4.78 is 51.6. The van der Waals surface area contributed by atoms with Gasteiger partial charge in [-0.2, -0.15) is 8.78 Å². The van der Waals surface area contributed by atoms with Gasteiger partial charge >= 0.3 is 11.8 Å². The van der Waals surface area contributed by atoms with Crippen molar-refractivity contribution in [1.82, 2.24) is 9.55 Å². The molecule has 1 aromatic heterocycles. The van der Waals surface area contributed by atoms with E-state index in [0.717, 1.165) is 48.4 Å². The van der Waals surface area contributed by atoms with Gasteiger partial charge in [-0.15, -0.1) is 0 Å². The molecule has 0 fully saturated rings. The highest BCUT2D eigenvalue weighted by Crippen LogP contribution is 2.27. The minimum absolute atomic E-state index is 0. The Morgan fingerprint density at radius 3 is 0.855 bits per heavy atom. The van der Waals surface area contributed by atoms with Gasteiger partial charge in [-0.25, -0.2) is 13.8 Å². The normalized spacial score (nSPS) is 10.7. The zero-order chi connectivity index (χ0) is 56.5. The summed E-state index contributed by atoms with van der Waals surface area (Å²) in [7, 11) is 0. The Kier molecular flexibility index (Phi) is 60.4. The number of imidazole rings is 1. The summed E-state index contributed by atoms with van der Waals surface area (Å²) in [5.74, 6) is -3.14. The molecule has 12 heteroatoms. The molecule has 0 radical (unpaired) electrons. The zero-order valence-corrected chi connectivity index (χ0v) is 49.2. The lowest BCUT2D eigenvalue weighted by molar-refractivity contribution is -0.120. The van der Waals surface area contributed by atoms with Crippen molar-refractivity contribution in [3.63, 3.8) is 0 Å². The number of nitrogens with zero attached hydrogens (tertiary/aromatic N) is 2. The lowest BCUT2D eigenvalue weighted by atomic mass is 9.84. The third kappa shape index (κ3) is 76.6. The largest absolute Gasteiger partial charge is 0.327 e. The minimum Gasteiger partial charge on any atom is -0.300 e. The van der Waals surface area contributed by atoms with Crippen molar-refractivity contribution in [2.45, 2.75) is 258 Å². The summed E-state index contributed by atoms with van der Waals surface area (Å²) in [4.78, 5) is 65.8. The van der Waals surface area contributed by atoms with Crippen LogP contribution >= 0.6 is 0 Å². The molecule has 0 atom stereocenters. The first kappa shape index (κ1) is 85.8. The summed E-state index contributed by atoms with van der Waals surface area (Å²) >= 11 is 0. The Hall–Kier alpha value is -3.05. The van der Waals surface area contributed by atoms with Crippen LogP contribution in [0.25, 0.3) is 0 Å². The minimum atomic E-state index is -3.33. The summed E-state index contributed by atoms with van der Waals surface area (Å²) in [5, 5.41) is 0. The van der Waals surface area contributed by atoms with E-state index in [4.69, 9.17) is 0 Å². The topological polar surface area (TPSA) is 120 Å². The maximum Gasteiger partial charge on any atom is 0.327 e. The summed E-state index contributed by atoms with van der Waals surface area (Å²) in [6.07, 6.45) is 9.11. The van der Waals surface area contributed by atoms with Gasteiger partial charge in [0, 0.05) is 62.3 Å². The molecule has 1 heterocycles. The Bertz CT molecular complexity index is 1290. The fourth-order valence-corrected chi connectivity index (χ4v) is 4.08. The number of halogens is 4. The van der Waals surface area contributed by atoms with Crippen LogP contribution in [0.15, 0.2) is 18.7 Å². The summed E-state index contributed by atoms with van der Waals surface area (Å²) in [5.41, 5.74) is 0.500. The van der Waals surface area contributed by atoms with E-state index in [1.165, 1.54) is 59.9 Å². The fraction of sp³-hybridized carbons (Fsp3) is 0.842. The Labute approximate surface area is 424 Å². The van der Waals surface area contributed by atoms with E-state index in [1.54, 1.807) is 34.6 Å². The van der Waals surface area contributed by atoms with E-state index in [1.807, 2.05) is 69.2 Å². The molecule has 1 aromatic rings. The van der Waals surface area contributed by atoms with Gasteiger partial charge in [0.25, 0.3) is 0 Å². The molecule has 0 amide bonds. The van der Waals surface area contributed by atoms with Crippen LogP contribution in [0.1, 0.15) is 251 Å². The van der Waals surface area contributed by atoms with E-state index in [9.17, 15) is 46.3 Å². The molecule has 1 rings (SSSR count). The Balaban J connectivity index is -0.0000000848. The second kappa shape index (κ2) is 48.6. The molecule has 0 aliphatic heterocycles. The van der Waals surface area contributed by atoms with Gasteiger partial charge in [-0.3, -0.25) is 14.2 Å². The van der Waals surface area contributed by atoms with Crippen LogP contribution in [0.2, 0.25) is 0 Å². The number of rotatable bonds is 15. The zero-order valence-electron chi connectivity index (χ0n) is 49.2. The van der Waals surface area contributed by atoms with Gasteiger partial charge in [0.05, 0.1) is 0 Å². The number of alkyl halides is 4. The van der Waals surface area contributed by atoms with Crippen LogP contribution in [0.3, 0.4) is 0 Å². The van der Waals surface area contributed by atoms with Crippen molar-refractivity contribution in [2.75, 3.05) is 0 Å². The van der Waals surface area contributed by atoms with E-state index in [0.29, 0.717) is 29.1 Å². The number of Topliss-reactive ketones (excluding diaryl/α,β-unsaturated/α-hetero) is 5. The Morgan fingerprint density at radius 1 is 0.507 bits per heavy atom. The molecule has 0 aliphatic rings. The third-order valence-corrected chi connectivity index (χ3v) is 9.26. The Morgan fingerprint density at radius 2 is 0.783 bits per heavy atom. The first-order valence-electron chi connectivity index (χ1n) is 25.1. The van der Waals surface area contributed by atoms with Crippen LogP contribution < -0.4 is 0 Å². The van der Waals surface area contributed by atoms with Crippen LogP contribution in [-0.4, -0.2) is 56.2 Å². The SMILES string of the molecule is C.CC(=O)C(C)C.CC(=O)CC(C)C.CC(=O)CC(C)C.CC(=O)CC(C)C.CC(=O)CC(C)C.CC(C)C(C)(C)C.CC(C)C(F)(F)C(=O)n1ccnc1.CCC(F)(F)C(C)C.CCCC(C)C. The average Bonchev–Trinajstić information content (AvgIpc) is 3.66. The number of hydrogen-bond donors (Lipinski definition) is 0. The van der Waals surface area contributed by atoms with E-state index < -0.39 is 29.6 Å². The van der Waals surface area contributed by atoms with Gasteiger partial charge in [0.1, 0.15) is 35.2 Å². The fourth-order valence-electron chi connectivity index (χ4n) is 4.08. The molecule has 0 spiro atoms. The molecule has 0 N–H and O–H groups in total. The van der Waals surface area contributed by atoms with Crippen molar-refractivity contribution in [2.24, 2.45) is 58.7 Å². The molecule has 0 aromatic carbocycles. The first-order chi connectivity index (χ1) is 30.3. The molecule has 0 aliphatic carbocycles. The maximum atomic E-state index is 13.1. The second-order valence-electron chi connectivity index (χ2n) is 22.0. The molecule has 0 saturated carbocycles. The lowest BCUT2D eigenvalue weighted by Gasteiger charge is -2.22. The van der Waals surface area contributed by atoms with Gasteiger partial charge in [0.2, 0.25) is 5.92 Å². The number of aromatic nitrogens is 2. The quantitative estimate of drug-likeness (QED) is 0.160. The number of carbonyl (C=O) groups is 6. The number of hydrogen-bond acceptors (Lipinski definition) is 7. The third-order valence-electron chi connectivity index (χ3n) is 9.26. The maximum absolute atomic E-state index is 13.1. The van der Waals surface area contributed by atoms with E-state index >= 15 is 0 Å². The predicted octanol–water partition coefficient (Wildman–Crippen LogP) is 18.0. The van der Waals surface area contributed by atoms with Crippen LogP contribution in [0.5, 0.6) is 0 Å². The van der Waals surface area contributed by atoms with Crippen molar-refractivity contribution in [3.8, 4) is 0 Å². The second-order valence-corrected chi connectivity index (χ2v) is 22.0. The number of ketones is 5. The summed E-state index contributed by atoms with van der Waals surface area (Å²) in [6.45, 7) is 53.4. The molecular weight excluding hydrogens is 885 g/mol. The highest BCUT2D eigenvalue weighted by molar-refractivity contribution is 5.85. The lowest BCUT2D eigenvalue weighted by Crippen LogP contribution is -2.37. The van der Waals surface area contributed by atoms with Crippen LogP contribution in [0, 0.1) is 58.7 Å². The molecule has 0 saturated heterocycles. The summed E-state index contributed by atoms with van der Waals surface area (Å²) in [6, 6.07) is 0. The number of carbonyl (C=O) groups excluding carboxylic acids is 6. The van der Waals surface area contributed by atoms with Crippen molar-refractivity contribution in [3.05, 3.63) is 18.7 Å². The van der Waals surface area contributed by atoms with Gasteiger partial charge in [-0.05, 0) is 75.5 Å². The average molecular weight is 1000 g/mol. The molecule has 0 bridgehead atoms. The molecule has 69 heavy (non-hydrogen) atoms. The standard InChI is InChI=1S/C8H10F2N2O.C7H16.C6H12F2.4C6H12O.C6H14.C5H10O.CH4/c1-6(2)8(9,10)7(13)12-4-3-11-5-12;1-6(2)7(3,4)5;1-4-6(7,8)5(2)3;4*1-5(2)4-6(3)7;1-4-5-6(2)3;1-4(2)5(3)6;/h3-6H,1-2H3;6H,1-5H3;5H,4H2,1-3H3;4*5H,4H2,1-3H3;6H,4-5H2,1-3H3;4H,1-3H3;1H4. The molecule has 8 nitrogen and oxygen atoms in total. The van der Waals surface area contributed by atoms with Crippen LogP contribution in [-0.2, 0) is 24.0 Å². The van der Waals surface area contributed by atoms with E-state index in [-0.39, 0.29) is 48.7 Å². The van der Waals surface area contributed by atoms with Gasteiger partial charge < -0.3 is 19.2 Å². The van der Waals surface area contributed by atoms with Crippen molar-refractivity contribution in [1.29, 1.82) is 0 Å². The van der Waals surface area contributed by atoms with Gasteiger partial charge in [0.15, 0.2) is 0 Å². The van der Waals surface area contributed by atoms with Gasteiger partial charge in [-0.1, -0.05) is 180 Å². The molecule has 416 valence electrons. The van der Waals surface area contributed by atoms with Crippen molar-refractivity contribution >= 4 is 34.8 Å². The highest BCUT2D eigenvalue weighted by atomic mass is 19.3. The van der Waals surface area contributed by atoms with E-state index in [2.05, 4.69) is 60.4 Å². The molecular formula is C57H114F4N2O6. The van der Waals surface area contributed by atoms with Crippen molar-refractivity contribution < 1.29 is 46.3 Å². The highest BCUT2D eigenvalue weighted by Gasteiger charge is 2.43. The van der Waals surface area contributed by atoms with Crippen LogP contribution in [0.4, 0.5) is 17.6 Å². The smallest absolute Gasteiger partial charge is 0.300 e. The first-order valence-corrected chi connectivity index (χ1v) is 25.1.